The summed E-state index contributed by atoms with van der Waals surface area (Å²) in [4.78, 5) is 22.0. The molecule has 0 unspecified atom stereocenters. The number of hydrogen-bond donors (Lipinski definition) is 1. The maximum absolute atomic E-state index is 12.5. The average molecular weight is 333 g/mol. The smallest absolute Gasteiger partial charge is 0.308 e. The zero-order valence-corrected chi connectivity index (χ0v) is 13.4. The van der Waals surface area contributed by atoms with Gasteiger partial charge in [-0.3, -0.25) is 9.59 Å². The predicted octanol–water partition coefficient (Wildman–Crippen LogP) is 2.40. The Labute approximate surface area is 134 Å². The maximum atomic E-state index is 12.5. The Morgan fingerprint density at radius 3 is 1.78 bits per heavy atom. The highest BCUT2D eigenvalue weighted by molar-refractivity contribution is 7.91. The van der Waals surface area contributed by atoms with Crippen LogP contribution >= 0.6 is 0 Å². The molecule has 0 saturated carbocycles. The van der Waals surface area contributed by atoms with E-state index in [1.807, 2.05) is 0 Å². The zero-order chi connectivity index (χ0) is 17.0. The number of sulfone groups is 1. The second-order valence-electron chi connectivity index (χ2n) is 4.77. The maximum Gasteiger partial charge on any atom is 0.308 e. The van der Waals surface area contributed by atoms with Gasteiger partial charge in [0.25, 0.3) is 0 Å². The normalized spacial score (nSPS) is 10.9. The number of carbonyl (C=O) groups excluding carboxylic acids is 2. The van der Waals surface area contributed by atoms with Gasteiger partial charge in [0, 0.05) is 19.5 Å². The van der Waals surface area contributed by atoms with Crippen LogP contribution in [0.4, 0.5) is 5.69 Å². The molecule has 23 heavy (non-hydrogen) atoms. The molecular formula is C16H15NO5S. The highest BCUT2D eigenvalue weighted by atomic mass is 32.2. The molecule has 120 valence electrons. The minimum Gasteiger partial charge on any atom is -0.427 e. The number of ether oxygens (including phenoxy) is 1. The number of benzene rings is 2. The monoisotopic (exact) mass is 333 g/mol. The third-order valence-electron chi connectivity index (χ3n) is 2.88. The molecule has 6 nitrogen and oxygen atoms in total. The van der Waals surface area contributed by atoms with Gasteiger partial charge in [-0.25, -0.2) is 8.42 Å². The summed E-state index contributed by atoms with van der Waals surface area (Å²) in [5, 5.41) is 2.57. The van der Waals surface area contributed by atoms with Crippen LogP contribution in [-0.4, -0.2) is 20.3 Å². The van der Waals surface area contributed by atoms with Crippen LogP contribution in [0.1, 0.15) is 13.8 Å². The molecule has 1 amide bonds. The zero-order valence-electron chi connectivity index (χ0n) is 12.6. The average Bonchev–Trinajstić information content (AvgIpc) is 2.47. The van der Waals surface area contributed by atoms with E-state index in [1.54, 1.807) is 0 Å². The summed E-state index contributed by atoms with van der Waals surface area (Å²) in [7, 11) is -3.68. The van der Waals surface area contributed by atoms with Crippen molar-refractivity contribution in [2.24, 2.45) is 0 Å². The fraction of sp³-hybridized carbons (Fsp3) is 0.125. The number of carbonyl (C=O) groups is 2. The Morgan fingerprint density at radius 1 is 0.870 bits per heavy atom. The largest absolute Gasteiger partial charge is 0.427 e. The van der Waals surface area contributed by atoms with E-state index < -0.39 is 15.8 Å². The van der Waals surface area contributed by atoms with Gasteiger partial charge in [-0.2, -0.15) is 0 Å². The molecule has 0 bridgehead atoms. The lowest BCUT2D eigenvalue weighted by Gasteiger charge is -2.07. The predicted molar refractivity (Wildman–Crippen MR) is 83.9 cm³/mol. The van der Waals surface area contributed by atoms with Gasteiger partial charge < -0.3 is 10.1 Å². The molecule has 0 aromatic heterocycles. The molecule has 0 atom stereocenters. The molecule has 0 spiro atoms. The van der Waals surface area contributed by atoms with Crippen molar-refractivity contribution in [1.29, 1.82) is 0 Å². The molecule has 0 saturated heterocycles. The lowest BCUT2D eigenvalue weighted by Crippen LogP contribution is -2.07. The number of hydrogen-bond acceptors (Lipinski definition) is 5. The highest BCUT2D eigenvalue weighted by Gasteiger charge is 2.17. The van der Waals surface area contributed by atoms with Gasteiger partial charge in [-0.15, -0.1) is 0 Å². The Hall–Kier alpha value is -2.67. The van der Waals surface area contributed by atoms with Crippen molar-refractivity contribution in [1.82, 2.24) is 0 Å². The van der Waals surface area contributed by atoms with Crippen LogP contribution in [0, 0.1) is 0 Å². The van der Waals surface area contributed by atoms with E-state index in [2.05, 4.69) is 5.32 Å². The fourth-order valence-electron chi connectivity index (χ4n) is 1.91. The van der Waals surface area contributed by atoms with E-state index in [0.29, 0.717) is 5.69 Å². The first-order valence-corrected chi connectivity index (χ1v) is 8.18. The summed E-state index contributed by atoms with van der Waals surface area (Å²) < 4.78 is 29.9. The quantitative estimate of drug-likeness (QED) is 0.685. The van der Waals surface area contributed by atoms with Crippen molar-refractivity contribution in [3.05, 3.63) is 48.5 Å². The van der Waals surface area contributed by atoms with Crippen LogP contribution in [0.25, 0.3) is 0 Å². The van der Waals surface area contributed by atoms with Crippen LogP contribution < -0.4 is 10.1 Å². The second-order valence-corrected chi connectivity index (χ2v) is 6.72. The van der Waals surface area contributed by atoms with Crippen LogP contribution in [0.3, 0.4) is 0 Å². The Balaban J connectivity index is 2.27. The van der Waals surface area contributed by atoms with Gasteiger partial charge in [0.2, 0.25) is 15.7 Å². The van der Waals surface area contributed by atoms with E-state index in [1.165, 1.54) is 62.4 Å². The van der Waals surface area contributed by atoms with Crippen molar-refractivity contribution >= 4 is 27.4 Å². The summed E-state index contributed by atoms with van der Waals surface area (Å²) in [5.74, 6) is -0.437. The van der Waals surface area contributed by atoms with Crippen molar-refractivity contribution < 1.29 is 22.7 Å². The third-order valence-corrected chi connectivity index (χ3v) is 4.67. The first kappa shape index (κ1) is 16.7. The highest BCUT2D eigenvalue weighted by Crippen LogP contribution is 2.24. The van der Waals surface area contributed by atoms with E-state index in [9.17, 15) is 18.0 Å². The Morgan fingerprint density at radius 2 is 1.35 bits per heavy atom. The first-order chi connectivity index (χ1) is 10.8. The number of anilines is 1. The van der Waals surface area contributed by atoms with Gasteiger partial charge >= 0.3 is 5.97 Å². The van der Waals surface area contributed by atoms with E-state index in [0.717, 1.165) is 0 Å². The van der Waals surface area contributed by atoms with Crippen LogP contribution in [0.15, 0.2) is 58.3 Å². The van der Waals surface area contributed by atoms with E-state index >= 15 is 0 Å². The summed E-state index contributed by atoms with van der Waals surface area (Å²) in [6.45, 7) is 2.64. The molecule has 0 radical (unpaired) electrons. The van der Waals surface area contributed by atoms with E-state index in [4.69, 9.17) is 4.74 Å². The fourth-order valence-corrected chi connectivity index (χ4v) is 3.17. The lowest BCUT2D eigenvalue weighted by atomic mass is 10.3. The molecule has 2 aromatic rings. The molecule has 0 heterocycles. The first-order valence-electron chi connectivity index (χ1n) is 6.70. The van der Waals surface area contributed by atoms with Crippen molar-refractivity contribution in [3.63, 3.8) is 0 Å². The minimum atomic E-state index is -3.68. The Kier molecular flexibility index (Phi) is 4.80. The van der Waals surface area contributed by atoms with E-state index in [-0.39, 0.29) is 21.4 Å². The van der Waals surface area contributed by atoms with Crippen molar-refractivity contribution in [2.45, 2.75) is 23.6 Å². The number of esters is 1. The number of amides is 1. The lowest BCUT2D eigenvalue weighted by molar-refractivity contribution is -0.131. The van der Waals surface area contributed by atoms with Crippen LogP contribution in [0.2, 0.25) is 0 Å². The van der Waals surface area contributed by atoms with Crippen molar-refractivity contribution in [3.8, 4) is 5.75 Å². The number of rotatable bonds is 4. The molecule has 0 fully saturated rings. The van der Waals surface area contributed by atoms with Gasteiger partial charge in [-0.1, -0.05) is 0 Å². The molecule has 1 N–H and O–H groups in total. The topological polar surface area (TPSA) is 89.5 Å². The van der Waals surface area contributed by atoms with Gasteiger partial charge in [0.05, 0.1) is 9.79 Å². The van der Waals surface area contributed by atoms with Crippen LogP contribution in [0.5, 0.6) is 5.75 Å². The second kappa shape index (κ2) is 6.62. The van der Waals surface area contributed by atoms with Gasteiger partial charge in [0.1, 0.15) is 5.75 Å². The minimum absolute atomic E-state index is 0.0840. The third kappa shape index (κ3) is 4.17. The molecule has 2 aromatic carbocycles. The number of nitrogens with one attached hydrogen (secondary N) is 1. The van der Waals surface area contributed by atoms with Crippen LogP contribution in [-0.2, 0) is 19.4 Å². The summed E-state index contributed by atoms with van der Waals surface area (Å²) >= 11 is 0. The Bertz CT molecular complexity index is 758. The van der Waals surface area contributed by atoms with Gasteiger partial charge in [0.15, 0.2) is 0 Å². The summed E-state index contributed by atoms with van der Waals surface area (Å²) in [5.41, 5.74) is 0.515. The summed E-state index contributed by atoms with van der Waals surface area (Å²) in [6, 6.07) is 11.4. The molecule has 0 aliphatic carbocycles. The molecule has 0 aliphatic heterocycles. The molecule has 2 rings (SSSR count). The summed E-state index contributed by atoms with van der Waals surface area (Å²) in [6.07, 6.45) is 0. The standard InChI is InChI=1S/C16H15NO5S/c1-11(18)17-13-3-7-15(8-4-13)23(20,21)16-9-5-14(6-10-16)22-12(2)19/h3-10H,1-2H3,(H,17,18). The van der Waals surface area contributed by atoms with Crippen molar-refractivity contribution in [2.75, 3.05) is 5.32 Å². The van der Waals surface area contributed by atoms with Gasteiger partial charge in [-0.05, 0) is 48.5 Å². The SMILES string of the molecule is CC(=O)Nc1ccc(S(=O)(=O)c2ccc(OC(C)=O)cc2)cc1. The molecule has 0 aliphatic rings. The molecule has 7 heteroatoms. The molecular weight excluding hydrogens is 318 g/mol.